The van der Waals surface area contributed by atoms with Gasteiger partial charge in [-0.25, -0.2) is 17.1 Å². The number of benzene rings is 1. The number of halogens is 1. The third-order valence-electron chi connectivity index (χ3n) is 3.65. The van der Waals surface area contributed by atoms with Gasteiger partial charge in [0.2, 0.25) is 10.0 Å². The maximum atomic E-state index is 14.1. The zero-order valence-corrected chi connectivity index (χ0v) is 14.4. The molecule has 1 saturated heterocycles. The lowest BCUT2D eigenvalue weighted by atomic mass is 10.1. The van der Waals surface area contributed by atoms with Crippen LogP contribution in [0.4, 0.5) is 4.39 Å². The number of nitrogens with zero attached hydrogens (tertiary/aromatic N) is 2. The lowest BCUT2D eigenvalue weighted by Crippen LogP contribution is -2.48. The molecule has 1 aliphatic rings. The van der Waals surface area contributed by atoms with Gasteiger partial charge in [-0.1, -0.05) is 0 Å². The predicted molar refractivity (Wildman–Crippen MR) is 83.2 cm³/mol. The molecule has 0 N–H and O–H groups in total. The largest absolute Gasteiger partial charge is 0.372 e. The third-order valence-corrected chi connectivity index (χ3v) is 5.46. The van der Waals surface area contributed by atoms with Crippen LogP contribution in [0.5, 0.6) is 0 Å². The smallest absolute Gasteiger partial charge is 0.257 e. The van der Waals surface area contributed by atoms with Crippen LogP contribution in [0, 0.1) is 5.82 Å². The number of hydrogen-bond acceptors (Lipinski definition) is 4. The van der Waals surface area contributed by atoms with Crippen molar-refractivity contribution < 1.29 is 22.3 Å². The number of ether oxygens (including phenoxy) is 1. The van der Waals surface area contributed by atoms with Crippen LogP contribution in [0.2, 0.25) is 0 Å². The molecule has 0 saturated carbocycles. The fourth-order valence-corrected chi connectivity index (χ4v) is 3.48. The van der Waals surface area contributed by atoms with Gasteiger partial charge >= 0.3 is 0 Å². The number of morpholine rings is 1. The van der Waals surface area contributed by atoms with Crippen molar-refractivity contribution in [1.82, 2.24) is 9.21 Å². The molecule has 1 aromatic carbocycles. The van der Waals surface area contributed by atoms with Gasteiger partial charge < -0.3 is 9.64 Å². The lowest BCUT2D eigenvalue weighted by molar-refractivity contribution is -0.0587. The van der Waals surface area contributed by atoms with Gasteiger partial charge in [0.05, 0.1) is 22.7 Å². The Bertz CT molecular complexity index is 695. The number of sulfonamides is 1. The molecule has 1 aliphatic heterocycles. The monoisotopic (exact) mass is 344 g/mol. The van der Waals surface area contributed by atoms with Gasteiger partial charge in [0.25, 0.3) is 5.91 Å². The second kappa shape index (κ2) is 6.54. The minimum Gasteiger partial charge on any atom is -0.372 e. The fraction of sp³-hybridized carbons (Fsp3) is 0.533. The molecular weight excluding hydrogens is 323 g/mol. The van der Waals surface area contributed by atoms with Gasteiger partial charge in [-0.2, -0.15) is 0 Å². The highest BCUT2D eigenvalue weighted by molar-refractivity contribution is 7.89. The highest BCUT2D eigenvalue weighted by Crippen LogP contribution is 2.21. The molecule has 2 rings (SSSR count). The molecule has 6 nitrogen and oxygen atoms in total. The van der Waals surface area contributed by atoms with Crippen LogP contribution in [0.15, 0.2) is 23.1 Å². The molecular formula is C15H21FN2O4S. The summed E-state index contributed by atoms with van der Waals surface area (Å²) in [6, 6.07) is 3.26. The fourth-order valence-electron chi connectivity index (χ4n) is 2.55. The summed E-state index contributed by atoms with van der Waals surface area (Å²) < 4.78 is 45.0. The van der Waals surface area contributed by atoms with E-state index < -0.39 is 21.7 Å². The second-order valence-corrected chi connectivity index (χ2v) is 8.05. The first-order valence-electron chi connectivity index (χ1n) is 7.29. The lowest BCUT2D eigenvalue weighted by Gasteiger charge is -2.35. The van der Waals surface area contributed by atoms with Gasteiger partial charge in [0.1, 0.15) is 5.82 Å². The molecule has 0 aliphatic carbocycles. The Morgan fingerprint density at radius 3 is 2.35 bits per heavy atom. The quantitative estimate of drug-likeness (QED) is 0.830. The maximum absolute atomic E-state index is 14.1. The van der Waals surface area contributed by atoms with Gasteiger partial charge in [0, 0.05) is 27.2 Å². The Balaban J connectivity index is 2.37. The van der Waals surface area contributed by atoms with Crippen LogP contribution in [0.25, 0.3) is 0 Å². The Morgan fingerprint density at radius 2 is 1.83 bits per heavy atom. The third kappa shape index (κ3) is 3.70. The van der Waals surface area contributed by atoms with E-state index >= 15 is 0 Å². The van der Waals surface area contributed by atoms with Crippen molar-refractivity contribution in [2.75, 3.05) is 27.2 Å². The molecule has 128 valence electrons. The molecule has 0 radical (unpaired) electrons. The standard InChI is InChI=1S/C15H21FN2O4S/c1-10-8-18(9-11(2)22-10)15(19)13-7-12(5-6-14(13)16)23(20,21)17(3)4/h5-7,10-11H,8-9H2,1-4H3/t10-,11+. The summed E-state index contributed by atoms with van der Waals surface area (Å²) in [7, 11) is -0.970. The summed E-state index contributed by atoms with van der Waals surface area (Å²) in [5.74, 6) is -1.26. The molecule has 1 aromatic rings. The van der Waals surface area contributed by atoms with E-state index in [1.54, 1.807) is 0 Å². The Kier molecular flexibility index (Phi) is 5.07. The van der Waals surface area contributed by atoms with Crippen LogP contribution in [0.3, 0.4) is 0 Å². The SMILES string of the molecule is C[C@@H]1CN(C(=O)c2cc(S(=O)(=O)N(C)C)ccc2F)C[C@H](C)O1. The van der Waals surface area contributed by atoms with E-state index in [9.17, 15) is 17.6 Å². The van der Waals surface area contributed by atoms with Crippen LogP contribution >= 0.6 is 0 Å². The Labute approximate surface area is 135 Å². The van der Waals surface area contributed by atoms with Crippen molar-refractivity contribution in [1.29, 1.82) is 0 Å². The van der Waals surface area contributed by atoms with Gasteiger partial charge in [-0.15, -0.1) is 0 Å². The first-order chi connectivity index (χ1) is 10.6. The van der Waals surface area contributed by atoms with E-state index in [1.807, 2.05) is 13.8 Å². The summed E-state index contributed by atoms with van der Waals surface area (Å²) in [5, 5.41) is 0. The number of amides is 1. The van der Waals surface area contributed by atoms with Crippen LogP contribution in [-0.4, -0.2) is 62.9 Å². The number of carbonyl (C=O) groups is 1. The van der Waals surface area contributed by atoms with Crippen molar-refractivity contribution in [3.63, 3.8) is 0 Å². The van der Waals surface area contributed by atoms with E-state index in [0.29, 0.717) is 13.1 Å². The van der Waals surface area contributed by atoms with Crippen LogP contribution < -0.4 is 0 Å². The first-order valence-corrected chi connectivity index (χ1v) is 8.73. The van der Waals surface area contributed by atoms with Gasteiger partial charge in [0.15, 0.2) is 0 Å². The number of carbonyl (C=O) groups excluding carboxylic acids is 1. The summed E-state index contributed by atoms with van der Waals surface area (Å²) in [4.78, 5) is 14.0. The summed E-state index contributed by atoms with van der Waals surface area (Å²) >= 11 is 0. The summed E-state index contributed by atoms with van der Waals surface area (Å²) in [5.41, 5.74) is -0.241. The average Bonchev–Trinajstić information content (AvgIpc) is 2.45. The highest BCUT2D eigenvalue weighted by Gasteiger charge is 2.29. The van der Waals surface area contributed by atoms with E-state index in [1.165, 1.54) is 19.0 Å². The minimum atomic E-state index is -3.73. The van der Waals surface area contributed by atoms with E-state index in [2.05, 4.69) is 0 Å². The molecule has 1 heterocycles. The summed E-state index contributed by atoms with van der Waals surface area (Å²) in [6.45, 7) is 4.35. The molecule has 0 aromatic heterocycles. The normalized spacial score (nSPS) is 22.4. The first kappa shape index (κ1) is 17.8. The number of rotatable bonds is 3. The highest BCUT2D eigenvalue weighted by atomic mass is 32.2. The van der Waals surface area contributed by atoms with Crippen molar-refractivity contribution in [3.8, 4) is 0 Å². The van der Waals surface area contributed by atoms with E-state index in [0.717, 1.165) is 22.5 Å². The molecule has 0 spiro atoms. The van der Waals surface area contributed by atoms with Crippen molar-refractivity contribution in [2.24, 2.45) is 0 Å². The molecule has 1 fully saturated rings. The van der Waals surface area contributed by atoms with Gasteiger partial charge in [-0.3, -0.25) is 4.79 Å². The van der Waals surface area contributed by atoms with Gasteiger partial charge in [-0.05, 0) is 32.0 Å². The molecule has 0 unspecified atom stereocenters. The zero-order chi connectivity index (χ0) is 17.4. The zero-order valence-electron chi connectivity index (χ0n) is 13.6. The topological polar surface area (TPSA) is 66.9 Å². The summed E-state index contributed by atoms with van der Waals surface area (Å²) in [6.07, 6.45) is -0.307. The second-order valence-electron chi connectivity index (χ2n) is 5.90. The molecule has 2 atom stereocenters. The van der Waals surface area contributed by atoms with Crippen LogP contribution in [0.1, 0.15) is 24.2 Å². The van der Waals surface area contributed by atoms with Crippen molar-refractivity contribution in [3.05, 3.63) is 29.6 Å². The Hall–Kier alpha value is -1.51. The van der Waals surface area contributed by atoms with E-state index in [-0.39, 0.29) is 22.7 Å². The van der Waals surface area contributed by atoms with Crippen molar-refractivity contribution >= 4 is 15.9 Å². The maximum Gasteiger partial charge on any atom is 0.257 e. The predicted octanol–water partition coefficient (Wildman–Crippen LogP) is 1.33. The van der Waals surface area contributed by atoms with Crippen molar-refractivity contribution in [2.45, 2.75) is 31.0 Å². The molecule has 1 amide bonds. The Morgan fingerprint density at radius 1 is 1.26 bits per heavy atom. The average molecular weight is 344 g/mol. The molecule has 23 heavy (non-hydrogen) atoms. The number of hydrogen-bond donors (Lipinski definition) is 0. The van der Waals surface area contributed by atoms with Crippen LogP contribution in [-0.2, 0) is 14.8 Å². The van der Waals surface area contributed by atoms with E-state index in [4.69, 9.17) is 4.74 Å². The minimum absolute atomic E-state index is 0.110. The molecule has 0 bridgehead atoms. The molecule has 8 heteroatoms.